The first-order valence-electron chi connectivity index (χ1n) is 4.87. The Hall–Kier alpha value is -2.37. The van der Waals surface area contributed by atoms with E-state index in [1.165, 1.54) is 18.4 Å². The minimum absolute atomic E-state index is 0.131. The van der Waals surface area contributed by atoms with Gasteiger partial charge in [0.15, 0.2) is 5.82 Å². The maximum atomic E-state index is 13.4. The third-order valence-electron chi connectivity index (χ3n) is 2.21. The van der Waals surface area contributed by atoms with Crippen LogP contribution >= 0.6 is 0 Å². The number of anilines is 1. The van der Waals surface area contributed by atoms with Crippen LogP contribution in [0.4, 0.5) is 15.8 Å². The molecule has 0 aliphatic heterocycles. The lowest BCUT2D eigenvalue weighted by Gasteiger charge is -2.06. The summed E-state index contributed by atoms with van der Waals surface area (Å²) >= 11 is 0. The molecule has 88 valence electrons. The third kappa shape index (κ3) is 2.41. The van der Waals surface area contributed by atoms with Crippen molar-refractivity contribution in [2.75, 3.05) is 5.32 Å². The number of hydrogen-bond donors (Lipinski definition) is 1. The lowest BCUT2D eigenvalue weighted by molar-refractivity contribution is -0.384. The van der Waals surface area contributed by atoms with Crippen molar-refractivity contribution < 1.29 is 13.7 Å². The molecule has 0 radical (unpaired) electrons. The van der Waals surface area contributed by atoms with Crippen LogP contribution in [-0.4, -0.2) is 4.92 Å². The fourth-order valence-corrected chi connectivity index (χ4v) is 1.43. The number of nitro benzene ring substituents is 1. The van der Waals surface area contributed by atoms with E-state index in [4.69, 9.17) is 4.42 Å². The molecule has 0 saturated heterocycles. The summed E-state index contributed by atoms with van der Waals surface area (Å²) in [6.07, 6.45) is 1.48. The molecule has 0 atom stereocenters. The Bertz CT molecular complexity index is 526. The Balaban J connectivity index is 2.22. The van der Waals surface area contributed by atoms with E-state index >= 15 is 0 Å². The quantitative estimate of drug-likeness (QED) is 0.654. The van der Waals surface area contributed by atoms with Crippen molar-refractivity contribution >= 4 is 11.4 Å². The van der Waals surface area contributed by atoms with Gasteiger partial charge in [0.25, 0.3) is 5.69 Å². The number of halogens is 1. The Morgan fingerprint density at radius 3 is 2.82 bits per heavy atom. The molecular weight excluding hydrogens is 227 g/mol. The third-order valence-corrected chi connectivity index (χ3v) is 2.21. The highest BCUT2D eigenvalue weighted by atomic mass is 19.1. The van der Waals surface area contributed by atoms with Gasteiger partial charge in [-0.25, -0.2) is 4.39 Å². The first kappa shape index (κ1) is 11.1. The maximum Gasteiger partial charge on any atom is 0.295 e. The molecule has 6 heteroatoms. The SMILES string of the molecule is O=[N+]([O-])c1cccc(F)c1NCc1ccco1. The highest BCUT2D eigenvalue weighted by Crippen LogP contribution is 2.27. The van der Waals surface area contributed by atoms with Crippen LogP contribution in [0.15, 0.2) is 41.0 Å². The van der Waals surface area contributed by atoms with Crippen LogP contribution in [0.3, 0.4) is 0 Å². The number of rotatable bonds is 4. The number of nitro groups is 1. The molecule has 0 aliphatic rings. The van der Waals surface area contributed by atoms with Gasteiger partial charge in [0.05, 0.1) is 17.7 Å². The van der Waals surface area contributed by atoms with Crippen LogP contribution < -0.4 is 5.32 Å². The number of nitrogens with one attached hydrogen (secondary N) is 1. The van der Waals surface area contributed by atoms with Crippen LogP contribution in [0, 0.1) is 15.9 Å². The van der Waals surface area contributed by atoms with Gasteiger partial charge in [-0.15, -0.1) is 0 Å². The standard InChI is InChI=1S/C11H9FN2O3/c12-9-4-1-5-10(14(15)16)11(9)13-7-8-3-2-6-17-8/h1-6,13H,7H2. The normalized spacial score (nSPS) is 10.2. The first-order chi connectivity index (χ1) is 8.18. The molecule has 0 saturated carbocycles. The number of hydrogen-bond acceptors (Lipinski definition) is 4. The molecular formula is C11H9FN2O3. The summed E-state index contributed by atoms with van der Waals surface area (Å²) in [7, 11) is 0. The van der Waals surface area contributed by atoms with E-state index in [9.17, 15) is 14.5 Å². The van der Waals surface area contributed by atoms with E-state index in [-0.39, 0.29) is 17.9 Å². The fourth-order valence-electron chi connectivity index (χ4n) is 1.43. The molecule has 2 rings (SSSR count). The average Bonchev–Trinajstić information content (AvgIpc) is 2.80. The lowest BCUT2D eigenvalue weighted by Crippen LogP contribution is -2.04. The molecule has 1 aromatic heterocycles. The van der Waals surface area contributed by atoms with Gasteiger partial charge < -0.3 is 9.73 Å². The molecule has 0 spiro atoms. The van der Waals surface area contributed by atoms with Gasteiger partial charge in [0.2, 0.25) is 0 Å². The van der Waals surface area contributed by atoms with E-state index in [0.29, 0.717) is 5.76 Å². The van der Waals surface area contributed by atoms with Gasteiger partial charge in [-0.3, -0.25) is 10.1 Å². The second kappa shape index (κ2) is 4.65. The summed E-state index contributed by atoms with van der Waals surface area (Å²) in [5.41, 5.74) is -0.426. The van der Waals surface area contributed by atoms with Crippen molar-refractivity contribution in [2.24, 2.45) is 0 Å². The first-order valence-corrected chi connectivity index (χ1v) is 4.87. The molecule has 2 aromatic rings. The van der Waals surface area contributed by atoms with Gasteiger partial charge in [-0.2, -0.15) is 0 Å². The maximum absolute atomic E-state index is 13.4. The van der Waals surface area contributed by atoms with Gasteiger partial charge in [0, 0.05) is 6.07 Å². The molecule has 0 amide bonds. The predicted molar refractivity (Wildman–Crippen MR) is 59.1 cm³/mol. The van der Waals surface area contributed by atoms with Crippen molar-refractivity contribution in [3.05, 3.63) is 58.3 Å². The molecule has 1 N–H and O–H groups in total. The Morgan fingerprint density at radius 1 is 1.35 bits per heavy atom. The van der Waals surface area contributed by atoms with Crippen LogP contribution in [0.25, 0.3) is 0 Å². The average molecular weight is 236 g/mol. The van der Waals surface area contributed by atoms with Gasteiger partial charge in [-0.05, 0) is 18.2 Å². The summed E-state index contributed by atoms with van der Waals surface area (Å²) in [6.45, 7) is 0.189. The summed E-state index contributed by atoms with van der Waals surface area (Å²) in [5.74, 6) is -0.0895. The zero-order valence-corrected chi connectivity index (χ0v) is 8.72. The van der Waals surface area contributed by atoms with E-state index < -0.39 is 10.7 Å². The molecule has 17 heavy (non-hydrogen) atoms. The van der Waals surface area contributed by atoms with Crippen LogP contribution in [0.1, 0.15) is 5.76 Å². The topological polar surface area (TPSA) is 68.3 Å². The second-order valence-corrected chi connectivity index (χ2v) is 3.32. The van der Waals surface area contributed by atoms with Crippen LogP contribution in [-0.2, 0) is 6.54 Å². The molecule has 0 aliphatic carbocycles. The summed E-state index contributed by atoms with van der Waals surface area (Å²) in [4.78, 5) is 10.1. The Kier molecular flexibility index (Phi) is 3.04. The van der Waals surface area contributed by atoms with Gasteiger partial charge >= 0.3 is 0 Å². The van der Waals surface area contributed by atoms with Crippen molar-refractivity contribution in [3.8, 4) is 0 Å². The van der Waals surface area contributed by atoms with Gasteiger partial charge in [-0.1, -0.05) is 6.07 Å². The monoisotopic (exact) mass is 236 g/mol. The van der Waals surface area contributed by atoms with Crippen molar-refractivity contribution in [1.82, 2.24) is 0 Å². The smallest absolute Gasteiger partial charge is 0.295 e. The van der Waals surface area contributed by atoms with E-state index in [1.54, 1.807) is 12.1 Å². The Morgan fingerprint density at radius 2 is 2.18 bits per heavy atom. The predicted octanol–water partition coefficient (Wildman–Crippen LogP) is 2.94. The zero-order valence-electron chi connectivity index (χ0n) is 8.72. The second-order valence-electron chi connectivity index (χ2n) is 3.32. The van der Waals surface area contributed by atoms with E-state index in [0.717, 1.165) is 6.07 Å². The summed E-state index contributed by atoms with van der Waals surface area (Å²) in [5, 5.41) is 13.4. The largest absolute Gasteiger partial charge is 0.467 e. The van der Waals surface area contributed by atoms with Crippen LogP contribution in [0.5, 0.6) is 0 Å². The number of furan rings is 1. The van der Waals surface area contributed by atoms with Crippen LogP contribution in [0.2, 0.25) is 0 Å². The van der Waals surface area contributed by atoms with Crippen molar-refractivity contribution in [2.45, 2.75) is 6.54 Å². The fraction of sp³-hybridized carbons (Fsp3) is 0.0909. The minimum Gasteiger partial charge on any atom is -0.467 e. The molecule has 1 aromatic carbocycles. The Labute approximate surface area is 96.0 Å². The molecule has 5 nitrogen and oxygen atoms in total. The number of para-hydroxylation sites is 1. The summed E-state index contributed by atoms with van der Waals surface area (Å²) in [6, 6.07) is 7.09. The highest BCUT2D eigenvalue weighted by Gasteiger charge is 2.17. The number of benzene rings is 1. The molecule has 1 heterocycles. The zero-order chi connectivity index (χ0) is 12.3. The summed E-state index contributed by atoms with van der Waals surface area (Å²) < 4.78 is 18.5. The van der Waals surface area contributed by atoms with Crippen molar-refractivity contribution in [1.29, 1.82) is 0 Å². The van der Waals surface area contributed by atoms with Gasteiger partial charge in [0.1, 0.15) is 11.4 Å². The molecule has 0 fully saturated rings. The molecule has 0 unspecified atom stereocenters. The minimum atomic E-state index is -0.661. The lowest BCUT2D eigenvalue weighted by atomic mass is 10.2. The van der Waals surface area contributed by atoms with E-state index in [2.05, 4.69) is 5.32 Å². The van der Waals surface area contributed by atoms with E-state index in [1.807, 2.05) is 0 Å². The highest BCUT2D eigenvalue weighted by molar-refractivity contribution is 5.62. The van der Waals surface area contributed by atoms with Crippen molar-refractivity contribution in [3.63, 3.8) is 0 Å². The number of nitrogens with zero attached hydrogens (tertiary/aromatic N) is 1. The molecule has 0 bridgehead atoms.